The summed E-state index contributed by atoms with van der Waals surface area (Å²) in [4.78, 5) is 10.1. The Morgan fingerprint density at radius 2 is 1.93 bits per heavy atom. The molecule has 0 rings (SSSR count). The zero-order chi connectivity index (χ0) is 11.7. The Morgan fingerprint density at radius 3 is 2.33 bits per heavy atom. The minimum absolute atomic E-state index is 0.0140. The largest absolute Gasteiger partial charge is 0.505 e. The van der Waals surface area contributed by atoms with Crippen molar-refractivity contribution in [3.8, 4) is 0 Å². The molecule has 0 saturated carbocycles. The van der Waals surface area contributed by atoms with E-state index in [0.717, 1.165) is 12.8 Å². The summed E-state index contributed by atoms with van der Waals surface area (Å²) in [6.07, 6.45) is 4.58. The van der Waals surface area contributed by atoms with Crippen molar-refractivity contribution in [1.29, 1.82) is 0 Å². The molecule has 0 aliphatic carbocycles. The summed E-state index contributed by atoms with van der Waals surface area (Å²) in [6.45, 7) is 7.27. The number of hydrogen-bond donors (Lipinski definition) is 1. The molecule has 0 heterocycles. The number of rotatable bonds is 8. The lowest BCUT2D eigenvalue weighted by Gasteiger charge is -2.30. The first kappa shape index (κ1) is 14.5. The Balaban J connectivity index is 3.67. The molecule has 90 valence electrons. The van der Waals surface area contributed by atoms with Crippen molar-refractivity contribution in [2.45, 2.75) is 57.5 Å². The lowest BCUT2D eigenvalue weighted by Crippen LogP contribution is -2.17. The van der Waals surface area contributed by atoms with Gasteiger partial charge in [-0.3, -0.25) is 0 Å². The molecule has 0 unspecified atom stereocenters. The highest BCUT2D eigenvalue weighted by molar-refractivity contribution is 6.38. The Labute approximate surface area is 95.0 Å². The summed E-state index contributed by atoms with van der Waals surface area (Å²) in [5, 5.41) is 8.90. The van der Waals surface area contributed by atoms with Gasteiger partial charge in [-0.05, 0) is 17.9 Å². The second kappa shape index (κ2) is 7.74. The fourth-order valence-electron chi connectivity index (χ4n) is 2.04. The number of unbranched alkanes of at least 4 members (excludes halogenated alkanes) is 1. The molecule has 0 bridgehead atoms. The molecule has 0 atom stereocenters. The third-order valence-corrected chi connectivity index (χ3v) is 6.43. The molecule has 0 aromatic heterocycles. The van der Waals surface area contributed by atoms with Crippen LogP contribution in [0.1, 0.15) is 46.0 Å². The van der Waals surface area contributed by atoms with Crippen LogP contribution in [-0.2, 0) is 4.74 Å². The first-order valence-electron chi connectivity index (χ1n) is 5.96. The molecule has 15 heavy (non-hydrogen) atoms. The van der Waals surface area contributed by atoms with Gasteiger partial charge in [0.25, 0.3) is 0 Å². The molecule has 0 amide bonds. The van der Waals surface area contributed by atoms with Gasteiger partial charge >= 0.3 is 6.16 Å². The van der Waals surface area contributed by atoms with Crippen molar-refractivity contribution >= 4 is 15.7 Å². The lowest BCUT2D eigenvalue weighted by atomic mass is 9.95. The molecule has 0 aromatic carbocycles. The van der Waals surface area contributed by atoms with Gasteiger partial charge in [0, 0.05) is 9.52 Å². The first-order chi connectivity index (χ1) is 7.10. The number of carbonyl (C=O) groups is 1. The van der Waals surface area contributed by atoms with Gasteiger partial charge in [-0.25, -0.2) is 4.79 Å². The number of hydrogen-bond acceptors (Lipinski definition) is 2. The summed E-state index contributed by atoms with van der Waals surface area (Å²) in [5.74, 6) is 0. The zero-order valence-electron chi connectivity index (χ0n) is 10.2. The fraction of sp³-hybridized carbons (Fsp3) is 0.909. The van der Waals surface area contributed by atoms with Gasteiger partial charge in [-0.2, -0.15) is 0 Å². The first-order valence-corrected chi connectivity index (χ1v) is 8.08. The lowest BCUT2D eigenvalue weighted by molar-refractivity contribution is 0.0897. The Bertz CT molecular complexity index is 170. The second-order valence-electron chi connectivity index (χ2n) is 4.13. The van der Waals surface area contributed by atoms with Crippen LogP contribution in [0, 0.1) is 0 Å². The molecule has 0 aromatic rings. The third kappa shape index (κ3) is 5.82. The predicted octanol–water partition coefficient (Wildman–Crippen LogP) is 3.05. The maximum atomic E-state index is 10.1. The molecule has 0 radical (unpaired) electrons. The van der Waals surface area contributed by atoms with Gasteiger partial charge < -0.3 is 9.84 Å². The fourth-order valence-corrected chi connectivity index (χ4v) is 3.65. The number of carboxylic acid groups (broad SMARTS) is 1. The van der Waals surface area contributed by atoms with Crippen LogP contribution in [0.2, 0.25) is 11.6 Å². The van der Waals surface area contributed by atoms with E-state index in [1.54, 1.807) is 0 Å². The van der Waals surface area contributed by atoms with E-state index < -0.39 is 6.16 Å². The highest BCUT2D eigenvalue weighted by atomic mass is 28.2. The van der Waals surface area contributed by atoms with E-state index in [0.29, 0.717) is 11.6 Å². The smallest absolute Gasteiger partial charge is 0.450 e. The van der Waals surface area contributed by atoms with E-state index >= 15 is 0 Å². The summed E-state index contributed by atoms with van der Waals surface area (Å²) in [7, 11) is 0.0140. The number of ether oxygens (including phenoxy) is 1. The maximum Gasteiger partial charge on any atom is 0.505 e. The van der Waals surface area contributed by atoms with Crippen LogP contribution in [0.4, 0.5) is 4.79 Å². The second-order valence-corrected chi connectivity index (χ2v) is 6.34. The van der Waals surface area contributed by atoms with Gasteiger partial charge in [0.05, 0.1) is 6.61 Å². The van der Waals surface area contributed by atoms with Gasteiger partial charge in [0.2, 0.25) is 0 Å². The normalized spacial score (nSPS) is 12.2. The summed E-state index contributed by atoms with van der Waals surface area (Å²) >= 11 is 0. The highest BCUT2D eigenvalue weighted by Crippen LogP contribution is 2.39. The zero-order valence-corrected chi connectivity index (χ0v) is 11.6. The molecular weight excluding hydrogens is 208 g/mol. The van der Waals surface area contributed by atoms with Crippen LogP contribution in [0.25, 0.3) is 0 Å². The van der Waals surface area contributed by atoms with E-state index in [2.05, 4.69) is 25.1 Å². The van der Waals surface area contributed by atoms with Crippen LogP contribution in [0.5, 0.6) is 0 Å². The minimum Gasteiger partial charge on any atom is -0.450 e. The third-order valence-electron chi connectivity index (χ3n) is 3.58. The molecule has 0 aliphatic heterocycles. The highest BCUT2D eigenvalue weighted by Gasteiger charge is 2.23. The van der Waals surface area contributed by atoms with E-state index in [1.165, 1.54) is 19.3 Å². The molecule has 3 nitrogen and oxygen atoms in total. The van der Waals surface area contributed by atoms with Crippen molar-refractivity contribution in [2.24, 2.45) is 0 Å². The molecule has 4 heteroatoms. The molecule has 0 aliphatic rings. The molecule has 0 spiro atoms. The predicted molar refractivity (Wildman–Crippen MR) is 65.5 cm³/mol. The van der Waals surface area contributed by atoms with Gasteiger partial charge in [0.1, 0.15) is 0 Å². The van der Waals surface area contributed by atoms with Crippen LogP contribution in [-0.4, -0.2) is 27.4 Å². The van der Waals surface area contributed by atoms with Crippen molar-refractivity contribution in [3.05, 3.63) is 0 Å². The van der Waals surface area contributed by atoms with Gasteiger partial charge in [-0.1, -0.05) is 39.7 Å². The van der Waals surface area contributed by atoms with Gasteiger partial charge in [-0.15, -0.1) is 0 Å². The topological polar surface area (TPSA) is 46.5 Å². The van der Waals surface area contributed by atoms with E-state index in [1.807, 2.05) is 0 Å². The Hall–Kier alpha value is -0.513. The van der Waals surface area contributed by atoms with E-state index in [-0.39, 0.29) is 9.52 Å². The average Bonchev–Trinajstić information content (AvgIpc) is 2.24. The van der Waals surface area contributed by atoms with Crippen molar-refractivity contribution in [1.82, 2.24) is 0 Å². The maximum absolute atomic E-state index is 10.1. The van der Waals surface area contributed by atoms with Crippen LogP contribution in [0.15, 0.2) is 0 Å². The van der Waals surface area contributed by atoms with Crippen LogP contribution < -0.4 is 0 Å². The van der Waals surface area contributed by atoms with Gasteiger partial charge in [0.15, 0.2) is 0 Å². The van der Waals surface area contributed by atoms with Crippen molar-refractivity contribution in [3.63, 3.8) is 0 Å². The van der Waals surface area contributed by atoms with Crippen LogP contribution >= 0.6 is 0 Å². The molecule has 0 fully saturated rings. The van der Waals surface area contributed by atoms with E-state index in [9.17, 15) is 4.79 Å². The summed E-state index contributed by atoms with van der Waals surface area (Å²) in [6, 6.07) is 0. The Morgan fingerprint density at radius 1 is 1.33 bits per heavy atom. The minimum atomic E-state index is -1.16. The summed E-state index contributed by atoms with van der Waals surface area (Å²) < 4.78 is 4.49. The quantitative estimate of drug-likeness (QED) is 0.397. The van der Waals surface area contributed by atoms with E-state index in [4.69, 9.17) is 5.11 Å². The van der Waals surface area contributed by atoms with Crippen molar-refractivity contribution < 1.29 is 14.6 Å². The molecule has 0 saturated heterocycles. The van der Waals surface area contributed by atoms with Crippen LogP contribution in [0.3, 0.4) is 0 Å². The molecule has 1 N–H and O–H groups in total. The summed E-state index contributed by atoms with van der Waals surface area (Å²) in [5.41, 5.74) is 0. The standard InChI is InChI=1S/C11H24O3Si/c1-4-11(5-2,15-3)8-6-7-9-14-10(12)13/h4-9,15H2,1-3H3,(H,12,13). The Kier molecular flexibility index (Phi) is 7.47. The molecular formula is C11H24O3Si. The average molecular weight is 232 g/mol. The monoisotopic (exact) mass is 232 g/mol. The van der Waals surface area contributed by atoms with Crippen molar-refractivity contribution in [2.75, 3.05) is 6.61 Å². The SMILES string of the molecule is CCC(CC)(CCCCOC(=O)O)[SiH2]C.